The van der Waals surface area contributed by atoms with Crippen LogP contribution >= 0.6 is 0 Å². The Morgan fingerprint density at radius 3 is 2.17 bits per heavy atom. The summed E-state index contributed by atoms with van der Waals surface area (Å²) < 4.78 is 77.8. The third kappa shape index (κ3) is 5.12. The molecule has 0 saturated heterocycles. The maximum absolute atomic E-state index is 13.1. The maximum Gasteiger partial charge on any atom is 0.417 e. The van der Waals surface area contributed by atoms with Crippen molar-refractivity contribution in [2.24, 2.45) is 11.1 Å². The Labute approximate surface area is 161 Å². The molecule has 0 bridgehead atoms. The average molecular weight is 419 g/mol. The van der Waals surface area contributed by atoms with E-state index < -0.39 is 35.0 Å². The molecule has 0 fully saturated rings. The Balaban J connectivity index is 2.43. The summed E-state index contributed by atoms with van der Waals surface area (Å²) in [6.45, 7) is 4.91. The van der Waals surface area contributed by atoms with Crippen molar-refractivity contribution in [1.82, 2.24) is 0 Å². The number of ketones is 1. The fourth-order valence-corrected chi connectivity index (χ4v) is 2.51. The van der Waals surface area contributed by atoms with Gasteiger partial charge in [-0.15, -0.1) is 0 Å². The van der Waals surface area contributed by atoms with Crippen LogP contribution in [0.25, 0.3) is 0 Å². The van der Waals surface area contributed by atoms with E-state index in [1.165, 1.54) is 19.1 Å². The van der Waals surface area contributed by atoms with Gasteiger partial charge >= 0.3 is 18.3 Å². The first-order chi connectivity index (χ1) is 13.2. The Morgan fingerprint density at radius 2 is 1.66 bits per heavy atom. The van der Waals surface area contributed by atoms with Crippen LogP contribution in [0.15, 0.2) is 46.7 Å². The van der Waals surface area contributed by atoms with E-state index in [-0.39, 0.29) is 41.2 Å². The first-order valence-electron chi connectivity index (χ1n) is 8.24. The second kappa shape index (κ2) is 7.84. The first kappa shape index (κ1) is 22.4. The molecule has 1 aromatic rings. The monoisotopic (exact) mass is 419 g/mol. The lowest BCUT2D eigenvalue weighted by Gasteiger charge is -2.15. The number of allylic oxidation sites excluding steroid dienone is 4. The number of carbonyl (C=O) groups is 2. The highest BCUT2D eigenvalue weighted by atomic mass is 19.4. The van der Waals surface area contributed by atoms with E-state index in [2.05, 4.69) is 9.99 Å². The van der Waals surface area contributed by atoms with Gasteiger partial charge < -0.3 is 4.84 Å². The molecule has 0 atom stereocenters. The lowest BCUT2D eigenvalue weighted by atomic mass is 9.90. The zero-order valence-electron chi connectivity index (χ0n) is 15.4. The van der Waals surface area contributed by atoms with Crippen LogP contribution in [-0.2, 0) is 22.0 Å². The molecule has 156 valence electrons. The number of hydrogen-bond acceptors (Lipinski definition) is 4. The fourth-order valence-electron chi connectivity index (χ4n) is 2.51. The molecule has 0 aromatic heterocycles. The normalized spacial score (nSPS) is 16.8. The molecular weight excluding hydrogens is 404 g/mol. The molecule has 10 heteroatoms. The van der Waals surface area contributed by atoms with Crippen LogP contribution in [0.2, 0.25) is 0 Å². The third-order valence-corrected chi connectivity index (χ3v) is 4.05. The van der Waals surface area contributed by atoms with Crippen molar-refractivity contribution >= 4 is 17.5 Å². The lowest BCUT2D eigenvalue weighted by molar-refractivity contribution is -0.141. The van der Waals surface area contributed by atoms with E-state index >= 15 is 0 Å². The number of alkyl halides is 6. The van der Waals surface area contributed by atoms with Crippen LogP contribution in [-0.4, -0.2) is 17.5 Å². The van der Waals surface area contributed by atoms with Crippen LogP contribution in [0, 0.1) is 5.92 Å². The average Bonchev–Trinajstić information content (AvgIpc) is 2.58. The molecule has 0 saturated carbocycles. The van der Waals surface area contributed by atoms with Gasteiger partial charge in [-0.05, 0) is 48.8 Å². The highest BCUT2D eigenvalue weighted by molar-refractivity contribution is 6.21. The molecule has 0 unspecified atom stereocenters. The summed E-state index contributed by atoms with van der Waals surface area (Å²) in [6.07, 6.45) is -7.51. The van der Waals surface area contributed by atoms with Crippen molar-refractivity contribution in [2.75, 3.05) is 0 Å². The van der Waals surface area contributed by atoms with E-state index in [4.69, 9.17) is 0 Å². The number of halogens is 6. The number of hydrogen-bond donors (Lipinski definition) is 0. The highest BCUT2D eigenvalue weighted by Crippen LogP contribution is 2.36. The molecule has 0 radical (unpaired) electrons. The van der Waals surface area contributed by atoms with Gasteiger partial charge in [-0.25, -0.2) is 4.79 Å². The summed E-state index contributed by atoms with van der Waals surface area (Å²) in [7, 11) is 0. The summed E-state index contributed by atoms with van der Waals surface area (Å²) in [5, 5.41) is 3.44. The quantitative estimate of drug-likeness (QED) is 0.287. The zero-order chi connectivity index (χ0) is 22.1. The van der Waals surface area contributed by atoms with Gasteiger partial charge in [0.15, 0.2) is 5.78 Å². The molecule has 0 spiro atoms. The van der Waals surface area contributed by atoms with E-state index in [0.29, 0.717) is 5.57 Å². The Kier molecular flexibility index (Phi) is 6.05. The van der Waals surface area contributed by atoms with Gasteiger partial charge in [0, 0.05) is 5.57 Å². The summed E-state index contributed by atoms with van der Waals surface area (Å²) in [5.41, 5.74) is -3.72. The van der Waals surface area contributed by atoms with Gasteiger partial charge in [0.05, 0.1) is 16.7 Å². The van der Waals surface area contributed by atoms with E-state index in [1.54, 1.807) is 13.8 Å². The van der Waals surface area contributed by atoms with Gasteiger partial charge in [0.1, 0.15) is 5.71 Å². The van der Waals surface area contributed by atoms with E-state index in [0.717, 1.165) is 0 Å². The van der Waals surface area contributed by atoms with Crippen molar-refractivity contribution in [3.63, 3.8) is 0 Å². The molecule has 0 heterocycles. The summed E-state index contributed by atoms with van der Waals surface area (Å²) in [4.78, 5) is 28.5. The molecular formula is C19H15F6NO3. The second-order valence-electron chi connectivity index (χ2n) is 6.56. The minimum atomic E-state index is -5.08. The molecule has 4 nitrogen and oxygen atoms in total. The molecule has 1 aliphatic carbocycles. The highest BCUT2D eigenvalue weighted by Gasteiger charge is 2.39. The van der Waals surface area contributed by atoms with E-state index in [1.807, 2.05) is 0 Å². The molecule has 0 amide bonds. The number of benzene rings is 1. The van der Waals surface area contributed by atoms with Crippen LogP contribution in [0.4, 0.5) is 26.3 Å². The van der Waals surface area contributed by atoms with Gasteiger partial charge in [0.2, 0.25) is 0 Å². The van der Waals surface area contributed by atoms with E-state index in [9.17, 15) is 35.9 Å². The number of nitrogens with zero attached hydrogens (tertiary/aromatic N) is 1. The Bertz CT molecular complexity index is 936. The van der Waals surface area contributed by atoms with Crippen molar-refractivity contribution in [1.29, 1.82) is 0 Å². The largest absolute Gasteiger partial charge is 0.417 e. The van der Waals surface area contributed by atoms with Crippen molar-refractivity contribution < 1.29 is 40.8 Å². The first-order valence-corrected chi connectivity index (χ1v) is 8.24. The predicted molar refractivity (Wildman–Crippen MR) is 91.0 cm³/mol. The van der Waals surface area contributed by atoms with Gasteiger partial charge in [-0.2, -0.15) is 26.3 Å². The predicted octanol–water partition coefficient (Wildman–Crippen LogP) is 5.35. The Hall–Kier alpha value is -2.91. The minimum Gasteiger partial charge on any atom is -0.312 e. The smallest absolute Gasteiger partial charge is 0.312 e. The molecule has 2 rings (SSSR count). The lowest BCUT2D eigenvalue weighted by Crippen LogP contribution is -2.18. The Morgan fingerprint density at radius 1 is 1.03 bits per heavy atom. The standard InChI is InChI=1S/C19H15F6NO3/c1-9(2)12-8-15(10(3)6-16(12)27)26-29-17(28)13-7-11(18(20,21)22)4-5-14(13)19(23,24)25/h4-9H,1-3H3/b26-15+. The zero-order valence-corrected chi connectivity index (χ0v) is 15.4. The molecule has 1 aromatic carbocycles. The summed E-state index contributed by atoms with van der Waals surface area (Å²) in [6, 6.07) is 0.449. The van der Waals surface area contributed by atoms with Crippen LogP contribution in [0.5, 0.6) is 0 Å². The molecule has 29 heavy (non-hydrogen) atoms. The number of carbonyl (C=O) groups excluding carboxylic acids is 2. The van der Waals surface area contributed by atoms with Crippen molar-refractivity contribution in [3.05, 3.63) is 58.2 Å². The molecule has 0 N–H and O–H groups in total. The topological polar surface area (TPSA) is 55.7 Å². The maximum atomic E-state index is 13.1. The van der Waals surface area contributed by atoms with Gasteiger partial charge in [0.25, 0.3) is 0 Å². The van der Waals surface area contributed by atoms with Crippen molar-refractivity contribution in [2.45, 2.75) is 33.1 Å². The molecule has 1 aliphatic rings. The molecule has 0 aliphatic heterocycles. The van der Waals surface area contributed by atoms with Crippen LogP contribution in [0.1, 0.15) is 42.3 Å². The third-order valence-electron chi connectivity index (χ3n) is 4.05. The van der Waals surface area contributed by atoms with Crippen LogP contribution < -0.4 is 0 Å². The summed E-state index contributed by atoms with van der Waals surface area (Å²) in [5.74, 6) is -2.20. The SMILES string of the molecule is CC1=CC(=O)C(C(C)C)=C/C1=N\OC(=O)c1cc(C(F)(F)F)ccc1C(F)(F)F. The number of rotatable bonds is 3. The number of oxime groups is 1. The van der Waals surface area contributed by atoms with Gasteiger partial charge in [-0.3, -0.25) is 4.79 Å². The summed E-state index contributed by atoms with van der Waals surface area (Å²) >= 11 is 0. The second-order valence-corrected chi connectivity index (χ2v) is 6.56. The van der Waals surface area contributed by atoms with Gasteiger partial charge in [-0.1, -0.05) is 19.0 Å². The van der Waals surface area contributed by atoms with Crippen molar-refractivity contribution in [3.8, 4) is 0 Å². The van der Waals surface area contributed by atoms with Crippen LogP contribution in [0.3, 0.4) is 0 Å². The minimum absolute atomic E-state index is 0.00202. The fraction of sp³-hybridized carbons (Fsp3) is 0.316.